The molecule has 0 amide bonds. The number of imidazole rings is 1. The molecule has 1 aliphatic heterocycles. The first kappa shape index (κ1) is 26.6. The Morgan fingerprint density at radius 1 is 1.35 bits per heavy atom. The van der Waals surface area contributed by atoms with Crippen molar-refractivity contribution in [3.8, 4) is 0 Å². The van der Waals surface area contributed by atoms with Crippen LogP contribution in [0.3, 0.4) is 0 Å². The van der Waals surface area contributed by atoms with Crippen molar-refractivity contribution < 1.29 is 27.5 Å². The van der Waals surface area contributed by atoms with E-state index < -0.39 is 29.3 Å². The molecule has 7 nitrogen and oxygen atoms in total. The maximum absolute atomic E-state index is 15.2. The molecule has 0 bridgehead atoms. The molecule has 4 rings (SSSR count). The molecule has 1 aromatic rings. The first-order valence-electron chi connectivity index (χ1n) is 12.1. The predicted octanol–water partition coefficient (Wildman–Crippen LogP) is 5.49. The van der Waals surface area contributed by atoms with Crippen LogP contribution in [-0.4, -0.2) is 63.4 Å². The largest absolute Gasteiger partial charge is 0.481 e. The van der Waals surface area contributed by atoms with Crippen LogP contribution in [0.2, 0.25) is 0 Å². The van der Waals surface area contributed by atoms with E-state index in [1.807, 2.05) is 4.90 Å². The van der Waals surface area contributed by atoms with Crippen molar-refractivity contribution in [2.24, 2.45) is 10.4 Å². The number of carbonyl (C=O) groups is 1. The number of likely N-dealkylation sites (tertiary alicyclic amines) is 1. The zero-order valence-electron chi connectivity index (χ0n) is 20.6. The third-order valence-corrected chi connectivity index (χ3v) is 7.19. The lowest BCUT2D eigenvalue weighted by atomic mass is 9.82. The van der Waals surface area contributed by atoms with Gasteiger partial charge in [-0.25, -0.2) is 14.4 Å². The normalized spacial score (nSPS) is 25.2. The Labute approximate surface area is 211 Å². The smallest absolute Gasteiger partial charge is 0.412 e. The van der Waals surface area contributed by atoms with Crippen molar-refractivity contribution in [1.82, 2.24) is 14.9 Å². The van der Waals surface area contributed by atoms with Gasteiger partial charge in [0.25, 0.3) is 0 Å². The number of aliphatic imine (C=N–C) groups is 1. The summed E-state index contributed by atoms with van der Waals surface area (Å²) in [7, 11) is 0. The monoisotopic (exact) mass is 519 g/mol. The fourth-order valence-electron chi connectivity index (χ4n) is 4.84. The number of alkyl halides is 4. The minimum atomic E-state index is -4.42. The number of amidine groups is 1. The second-order valence-corrected chi connectivity index (χ2v) is 9.90. The molecule has 1 aromatic heterocycles. The number of aromatic amines is 1. The number of fused-ring (bicyclic) bond motifs is 1. The van der Waals surface area contributed by atoms with Gasteiger partial charge in [-0.05, 0) is 51.2 Å². The summed E-state index contributed by atoms with van der Waals surface area (Å²) in [6.45, 7) is 4.50. The van der Waals surface area contributed by atoms with Crippen molar-refractivity contribution >= 4 is 29.7 Å². The summed E-state index contributed by atoms with van der Waals surface area (Å²) in [5.74, 6) is -0.0319. The van der Waals surface area contributed by atoms with E-state index in [1.165, 1.54) is 12.3 Å². The number of hydrogen-bond donors (Lipinski definition) is 3. The fraction of sp³-hybridized carbons (Fsp3) is 0.462. The molecular formula is C26H29F4N5O2. The molecule has 3 aliphatic rings. The van der Waals surface area contributed by atoms with Crippen molar-refractivity contribution in [1.29, 1.82) is 5.41 Å². The number of aliphatic carboxylic acids is 1. The Hall–Kier alpha value is -3.50. The number of H-pyrrole nitrogens is 1. The number of nitrogens with zero attached hydrogens (tertiary/aromatic N) is 3. The Kier molecular flexibility index (Phi) is 7.25. The SMILES string of the molecule is CC(=N/C=C(\C=N)C1=CC=C(c2nc3c([nH]2)CCC(C(F)(F)F)=C3)C(F)C1)N1CCCC(C)(C(=O)O)C1. The van der Waals surface area contributed by atoms with Gasteiger partial charge in [0.1, 0.15) is 17.8 Å². The van der Waals surface area contributed by atoms with Gasteiger partial charge in [-0.2, -0.15) is 13.2 Å². The first-order chi connectivity index (χ1) is 17.4. The molecule has 0 radical (unpaired) electrons. The number of carboxylic acid groups (broad SMARTS) is 1. The van der Waals surface area contributed by atoms with Gasteiger partial charge in [0.05, 0.1) is 11.1 Å². The second-order valence-electron chi connectivity index (χ2n) is 9.90. The second kappa shape index (κ2) is 10.1. The van der Waals surface area contributed by atoms with E-state index in [0.29, 0.717) is 42.2 Å². The Bertz CT molecular complexity index is 1250. The summed E-state index contributed by atoms with van der Waals surface area (Å²) in [5, 5.41) is 17.3. The lowest BCUT2D eigenvalue weighted by Crippen LogP contribution is -2.47. The van der Waals surface area contributed by atoms with Crippen LogP contribution >= 0.6 is 0 Å². The van der Waals surface area contributed by atoms with Gasteiger partial charge in [0.15, 0.2) is 0 Å². The van der Waals surface area contributed by atoms with E-state index in [1.54, 1.807) is 19.9 Å². The van der Waals surface area contributed by atoms with Crippen LogP contribution < -0.4 is 0 Å². The van der Waals surface area contributed by atoms with Gasteiger partial charge in [-0.3, -0.25) is 4.79 Å². The molecule has 1 saturated heterocycles. The molecular weight excluding hydrogens is 490 g/mol. The summed E-state index contributed by atoms with van der Waals surface area (Å²) in [6, 6.07) is 0. The van der Waals surface area contributed by atoms with Gasteiger partial charge < -0.3 is 20.4 Å². The highest BCUT2D eigenvalue weighted by molar-refractivity contribution is 5.86. The Balaban J connectivity index is 1.53. The molecule has 2 unspecified atom stereocenters. The van der Waals surface area contributed by atoms with Crippen molar-refractivity contribution in [2.45, 2.75) is 58.3 Å². The quantitative estimate of drug-likeness (QED) is 0.272. The summed E-state index contributed by atoms with van der Waals surface area (Å²) in [6.07, 6.45) is 2.14. The molecule has 0 saturated carbocycles. The maximum atomic E-state index is 15.2. The third kappa shape index (κ3) is 5.60. The topological polar surface area (TPSA) is 105 Å². The number of aryl methyl sites for hydroxylation is 1. The number of halogens is 4. The first-order valence-corrected chi connectivity index (χ1v) is 12.1. The van der Waals surface area contributed by atoms with E-state index >= 15 is 4.39 Å². The van der Waals surface area contributed by atoms with Gasteiger partial charge in [0.2, 0.25) is 0 Å². The number of nitrogens with one attached hydrogen (secondary N) is 2. The van der Waals surface area contributed by atoms with E-state index in [9.17, 15) is 23.1 Å². The maximum Gasteiger partial charge on any atom is 0.412 e. The standard InChI is InChI=1S/C26H29F4N5O2/c1-15(35-9-3-8-25(2,14-35)24(36)37)32-13-17(12-31)16-4-6-19(20(27)10-16)23-33-21-7-5-18(26(28,29)30)11-22(21)34-23/h4,6,11-13,20,31H,3,5,7-10,14H2,1-2H3,(H,33,34)(H,36,37)/b17-13+,31-12?,32-15?. The predicted molar refractivity (Wildman–Crippen MR) is 133 cm³/mol. The number of carboxylic acids is 1. The highest BCUT2D eigenvalue weighted by Crippen LogP contribution is 2.37. The number of allylic oxidation sites excluding steroid dienone is 6. The number of hydrogen-bond acceptors (Lipinski definition) is 4. The highest BCUT2D eigenvalue weighted by atomic mass is 19.4. The minimum Gasteiger partial charge on any atom is -0.481 e. The summed E-state index contributed by atoms with van der Waals surface area (Å²) < 4.78 is 54.3. The zero-order chi connectivity index (χ0) is 27.0. The van der Waals surface area contributed by atoms with Crippen LogP contribution in [0, 0.1) is 10.8 Å². The molecule has 2 heterocycles. The molecule has 0 aromatic carbocycles. The average Bonchev–Trinajstić information content (AvgIpc) is 3.27. The van der Waals surface area contributed by atoms with Crippen LogP contribution in [0.4, 0.5) is 17.6 Å². The Morgan fingerprint density at radius 2 is 2.11 bits per heavy atom. The van der Waals surface area contributed by atoms with Crippen molar-refractivity contribution in [3.63, 3.8) is 0 Å². The molecule has 11 heteroatoms. The van der Waals surface area contributed by atoms with Gasteiger partial charge in [-0.15, -0.1) is 0 Å². The Morgan fingerprint density at radius 3 is 2.76 bits per heavy atom. The average molecular weight is 520 g/mol. The van der Waals surface area contributed by atoms with Gasteiger partial charge >= 0.3 is 12.1 Å². The van der Waals surface area contributed by atoms with E-state index in [4.69, 9.17) is 5.41 Å². The summed E-state index contributed by atoms with van der Waals surface area (Å²) in [4.78, 5) is 25.1. The third-order valence-electron chi connectivity index (χ3n) is 7.19. The number of aromatic nitrogens is 2. The lowest BCUT2D eigenvalue weighted by Gasteiger charge is -2.38. The van der Waals surface area contributed by atoms with Crippen LogP contribution in [0.25, 0.3) is 11.6 Å². The number of rotatable bonds is 5. The summed E-state index contributed by atoms with van der Waals surface area (Å²) >= 11 is 0. The molecule has 2 atom stereocenters. The van der Waals surface area contributed by atoms with E-state index in [2.05, 4.69) is 15.0 Å². The van der Waals surface area contributed by atoms with Crippen LogP contribution in [0.15, 0.2) is 40.1 Å². The summed E-state index contributed by atoms with van der Waals surface area (Å²) in [5.41, 5.74) is 0.422. The van der Waals surface area contributed by atoms with E-state index in [-0.39, 0.29) is 36.4 Å². The minimum absolute atomic E-state index is 0.0442. The molecule has 3 N–H and O–H groups in total. The molecule has 37 heavy (non-hydrogen) atoms. The van der Waals surface area contributed by atoms with Gasteiger partial charge in [-0.1, -0.05) is 12.2 Å². The fourth-order valence-corrected chi connectivity index (χ4v) is 4.84. The highest BCUT2D eigenvalue weighted by Gasteiger charge is 2.38. The molecule has 198 valence electrons. The van der Waals surface area contributed by atoms with Gasteiger partial charge in [0, 0.05) is 54.3 Å². The molecule has 1 fully saturated rings. The van der Waals surface area contributed by atoms with Crippen molar-refractivity contribution in [3.05, 3.63) is 52.3 Å². The molecule has 0 spiro atoms. The van der Waals surface area contributed by atoms with Crippen LogP contribution in [0.5, 0.6) is 0 Å². The lowest BCUT2D eigenvalue weighted by molar-refractivity contribution is -0.150. The number of piperidine rings is 1. The van der Waals surface area contributed by atoms with Crippen molar-refractivity contribution in [2.75, 3.05) is 13.1 Å². The van der Waals surface area contributed by atoms with E-state index in [0.717, 1.165) is 18.7 Å². The van der Waals surface area contributed by atoms with Crippen LogP contribution in [-0.2, 0) is 11.2 Å². The zero-order valence-corrected chi connectivity index (χ0v) is 20.6. The molecule has 2 aliphatic carbocycles. The van der Waals surface area contributed by atoms with Crippen LogP contribution in [0.1, 0.15) is 56.7 Å².